The molecule has 0 spiro atoms. The van der Waals surface area contributed by atoms with Crippen LogP contribution in [-0.2, 0) is 33.9 Å². The van der Waals surface area contributed by atoms with Crippen LogP contribution in [0.1, 0.15) is 35.1 Å². The van der Waals surface area contributed by atoms with E-state index in [1.165, 1.54) is 0 Å². The number of rotatable bonds is 4. The molecule has 2 fully saturated rings. The first-order chi connectivity index (χ1) is 15.6. The highest BCUT2D eigenvalue weighted by Crippen LogP contribution is 2.31. The van der Waals surface area contributed by atoms with Crippen LogP contribution in [-0.4, -0.2) is 53.5 Å². The first kappa shape index (κ1) is 20.5. The summed E-state index contributed by atoms with van der Waals surface area (Å²) in [6, 6.07) is 15.0. The molecule has 2 aromatic rings. The van der Waals surface area contributed by atoms with Crippen molar-refractivity contribution in [2.75, 3.05) is 19.8 Å². The van der Waals surface area contributed by atoms with Gasteiger partial charge in [-0.1, -0.05) is 18.2 Å². The van der Waals surface area contributed by atoms with E-state index in [1.807, 2.05) is 36.4 Å². The molecule has 32 heavy (non-hydrogen) atoms. The Morgan fingerprint density at radius 1 is 1.03 bits per heavy atom. The number of carbonyl (C=O) groups is 2. The first-order valence-electron chi connectivity index (χ1n) is 11.0. The molecule has 1 atom stereocenters. The van der Waals surface area contributed by atoms with E-state index in [2.05, 4.69) is 6.07 Å². The van der Waals surface area contributed by atoms with Gasteiger partial charge in [0.2, 0.25) is 11.8 Å². The first-order valence-corrected chi connectivity index (χ1v) is 11.0. The summed E-state index contributed by atoms with van der Waals surface area (Å²) in [4.78, 5) is 29.7. The highest BCUT2D eigenvalue weighted by molar-refractivity contribution is 5.95. The highest BCUT2D eigenvalue weighted by atomic mass is 16.5. The third-order valence-electron chi connectivity index (χ3n) is 6.60. The number of carbonyl (C=O) groups excluding carboxylic acids is 2. The minimum Gasteiger partial charge on any atom is -0.489 e. The van der Waals surface area contributed by atoms with Gasteiger partial charge in [-0.25, -0.2) is 0 Å². The summed E-state index contributed by atoms with van der Waals surface area (Å²) >= 11 is 0. The fourth-order valence-electron chi connectivity index (χ4n) is 4.84. The standard InChI is InChI=1S/C25H25N3O4/c26-13-17-2-1-3-18(10-17)16-32-22-5-4-19-12-23-25(30)27(21-6-8-31-9-7-21)15-24(29)28(23)14-20(19)11-22/h1-5,10-11,21,23H,6-9,12,14-16H2/t23-/m1/s1. The normalized spacial score (nSPS) is 21.0. The lowest BCUT2D eigenvalue weighted by molar-refractivity contribution is -0.161. The van der Waals surface area contributed by atoms with Gasteiger partial charge < -0.3 is 19.3 Å². The Morgan fingerprint density at radius 3 is 2.69 bits per heavy atom. The number of nitrogens with zero attached hydrogens (tertiary/aromatic N) is 3. The van der Waals surface area contributed by atoms with Crippen LogP contribution in [0.2, 0.25) is 0 Å². The zero-order chi connectivity index (χ0) is 22.1. The van der Waals surface area contributed by atoms with E-state index in [0.29, 0.717) is 44.1 Å². The Balaban J connectivity index is 1.30. The molecule has 5 rings (SSSR count). The summed E-state index contributed by atoms with van der Waals surface area (Å²) in [7, 11) is 0. The van der Waals surface area contributed by atoms with Gasteiger partial charge in [0.1, 0.15) is 24.9 Å². The predicted octanol–water partition coefficient (Wildman–Crippen LogP) is 2.41. The van der Waals surface area contributed by atoms with Gasteiger partial charge in [-0.2, -0.15) is 5.26 Å². The molecule has 3 aliphatic rings. The summed E-state index contributed by atoms with van der Waals surface area (Å²) in [5.41, 5.74) is 3.63. The maximum atomic E-state index is 13.2. The molecular weight excluding hydrogens is 406 g/mol. The van der Waals surface area contributed by atoms with E-state index >= 15 is 0 Å². The van der Waals surface area contributed by atoms with Crippen LogP contribution in [0.4, 0.5) is 0 Å². The van der Waals surface area contributed by atoms with Crippen molar-refractivity contribution in [1.82, 2.24) is 9.80 Å². The van der Waals surface area contributed by atoms with Crippen molar-refractivity contribution in [2.24, 2.45) is 0 Å². The maximum absolute atomic E-state index is 13.2. The van der Waals surface area contributed by atoms with Gasteiger partial charge in [0.15, 0.2) is 0 Å². The van der Waals surface area contributed by atoms with Crippen molar-refractivity contribution in [1.29, 1.82) is 5.26 Å². The lowest BCUT2D eigenvalue weighted by atomic mass is 9.90. The molecule has 0 aromatic heterocycles. The zero-order valence-corrected chi connectivity index (χ0v) is 17.8. The molecule has 2 aromatic carbocycles. The highest BCUT2D eigenvalue weighted by Gasteiger charge is 2.44. The van der Waals surface area contributed by atoms with Crippen LogP contribution in [0.5, 0.6) is 5.75 Å². The number of hydrogen-bond acceptors (Lipinski definition) is 5. The third kappa shape index (κ3) is 3.94. The number of ether oxygens (including phenoxy) is 2. The SMILES string of the molecule is N#Cc1cccc(COc2ccc3c(c2)CN2C(=O)CN(C4CCOCC4)C(=O)[C@H]2C3)c1. The van der Waals surface area contributed by atoms with Gasteiger partial charge in [-0.15, -0.1) is 0 Å². The Labute approximate surface area is 187 Å². The largest absolute Gasteiger partial charge is 0.489 e. The molecule has 0 aliphatic carbocycles. The Hall–Kier alpha value is -3.37. The van der Waals surface area contributed by atoms with Gasteiger partial charge >= 0.3 is 0 Å². The van der Waals surface area contributed by atoms with Gasteiger partial charge in [0.05, 0.1) is 11.6 Å². The van der Waals surface area contributed by atoms with Gasteiger partial charge in [0, 0.05) is 32.2 Å². The molecule has 0 radical (unpaired) electrons. The summed E-state index contributed by atoms with van der Waals surface area (Å²) < 4.78 is 11.4. The molecule has 2 amide bonds. The predicted molar refractivity (Wildman–Crippen MR) is 116 cm³/mol. The van der Waals surface area contributed by atoms with Crippen molar-refractivity contribution < 1.29 is 19.1 Å². The number of hydrogen-bond donors (Lipinski definition) is 0. The van der Waals surface area contributed by atoms with Crippen LogP contribution in [0.15, 0.2) is 42.5 Å². The second-order valence-electron chi connectivity index (χ2n) is 8.58. The smallest absolute Gasteiger partial charge is 0.246 e. The van der Waals surface area contributed by atoms with Crippen LogP contribution < -0.4 is 4.74 Å². The average Bonchev–Trinajstić information content (AvgIpc) is 2.84. The van der Waals surface area contributed by atoms with Crippen molar-refractivity contribution in [3.63, 3.8) is 0 Å². The van der Waals surface area contributed by atoms with Crippen LogP contribution in [0.3, 0.4) is 0 Å². The van der Waals surface area contributed by atoms with Crippen LogP contribution >= 0.6 is 0 Å². The minimum atomic E-state index is -0.424. The molecule has 7 heteroatoms. The number of amides is 2. The number of fused-ring (bicyclic) bond motifs is 2. The minimum absolute atomic E-state index is 0.00591. The molecule has 7 nitrogen and oxygen atoms in total. The second-order valence-corrected chi connectivity index (χ2v) is 8.58. The van der Waals surface area contributed by atoms with E-state index < -0.39 is 6.04 Å². The molecule has 2 saturated heterocycles. The zero-order valence-electron chi connectivity index (χ0n) is 17.8. The summed E-state index contributed by atoms with van der Waals surface area (Å²) in [6.07, 6.45) is 2.12. The van der Waals surface area contributed by atoms with E-state index in [1.54, 1.807) is 15.9 Å². The number of nitriles is 1. The van der Waals surface area contributed by atoms with Crippen molar-refractivity contribution in [2.45, 2.75) is 44.5 Å². The van der Waals surface area contributed by atoms with E-state index in [-0.39, 0.29) is 24.4 Å². The van der Waals surface area contributed by atoms with Gasteiger partial charge in [0.25, 0.3) is 0 Å². The second kappa shape index (κ2) is 8.64. The molecule has 0 saturated carbocycles. The maximum Gasteiger partial charge on any atom is 0.246 e. The monoisotopic (exact) mass is 431 g/mol. The summed E-state index contributed by atoms with van der Waals surface area (Å²) in [6.45, 7) is 2.22. The van der Waals surface area contributed by atoms with Crippen molar-refractivity contribution >= 4 is 11.8 Å². The molecule has 0 bridgehead atoms. The van der Waals surface area contributed by atoms with Crippen molar-refractivity contribution in [3.8, 4) is 11.8 Å². The third-order valence-corrected chi connectivity index (χ3v) is 6.60. The molecule has 164 valence electrons. The lowest BCUT2D eigenvalue weighted by Crippen LogP contribution is -2.64. The molecule has 0 N–H and O–H groups in total. The fraction of sp³-hybridized carbons (Fsp3) is 0.400. The van der Waals surface area contributed by atoms with Crippen LogP contribution in [0, 0.1) is 11.3 Å². The van der Waals surface area contributed by atoms with E-state index in [4.69, 9.17) is 14.7 Å². The Morgan fingerprint density at radius 2 is 1.88 bits per heavy atom. The number of piperazine rings is 1. The lowest BCUT2D eigenvalue weighted by Gasteiger charge is -2.46. The molecule has 3 heterocycles. The molecule has 3 aliphatic heterocycles. The van der Waals surface area contributed by atoms with Crippen LogP contribution in [0.25, 0.3) is 0 Å². The van der Waals surface area contributed by atoms with Gasteiger partial charge in [-0.3, -0.25) is 9.59 Å². The topological polar surface area (TPSA) is 82.9 Å². The van der Waals surface area contributed by atoms with E-state index in [0.717, 1.165) is 29.5 Å². The molecular formula is C25H25N3O4. The Kier molecular flexibility index (Phi) is 5.54. The fourth-order valence-corrected chi connectivity index (χ4v) is 4.84. The summed E-state index contributed by atoms with van der Waals surface area (Å²) in [5.74, 6) is 0.774. The van der Waals surface area contributed by atoms with Crippen molar-refractivity contribution in [3.05, 3.63) is 64.7 Å². The molecule has 0 unspecified atom stereocenters. The Bertz CT molecular complexity index is 1090. The quantitative estimate of drug-likeness (QED) is 0.743. The average molecular weight is 431 g/mol. The number of benzene rings is 2. The summed E-state index contributed by atoms with van der Waals surface area (Å²) in [5, 5.41) is 9.05. The van der Waals surface area contributed by atoms with E-state index in [9.17, 15) is 9.59 Å². The van der Waals surface area contributed by atoms with Gasteiger partial charge in [-0.05, 0) is 53.8 Å².